The fraction of sp³-hybridized carbons (Fsp3) is 0.360. The lowest BCUT2D eigenvalue weighted by Gasteiger charge is -2.14. The largest absolute Gasteiger partial charge is 0.379 e. The van der Waals surface area contributed by atoms with Gasteiger partial charge in [0.15, 0.2) is 5.16 Å². The molecule has 0 aliphatic rings. The molecule has 2 aromatic heterocycles. The quantitative estimate of drug-likeness (QED) is 0.291. The SMILES string of the molecule is Cc1cccc(-n2c(=O)c3ccccc3n3c(SCC(=O)NCCCOC(C)C)nnc23)c1C. The molecule has 34 heavy (non-hydrogen) atoms. The molecule has 0 aliphatic carbocycles. The van der Waals surface area contributed by atoms with E-state index in [9.17, 15) is 9.59 Å². The smallest absolute Gasteiger partial charge is 0.267 e. The van der Waals surface area contributed by atoms with Crippen LogP contribution in [0.15, 0.2) is 52.4 Å². The fourth-order valence-electron chi connectivity index (χ4n) is 3.77. The summed E-state index contributed by atoms with van der Waals surface area (Å²) in [6, 6.07) is 13.3. The second-order valence-corrected chi connectivity index (χ2v) is 9.35. The lowest BCUT2D eigenvalue weighted by Crippen LogP contribution is -2.27. The molecule has 4 aromatic rings. The van der Waals surface area contributed by atoms with E-state index in [-0.39, 0.29) is 23.3 Å². The number of benzene rings is 2. The first-order valence-corrected chi connectivity index (χ1v) is 12.3. The van der Waals surface area contributed by atoms with Crippen molar-refractivity contribution in [2.45, 2.75) is 45.4 Å². The molecule has 8 nitrogen and oxygen atoms in total. The molecule has 0 atom stereocenters. The second-order valence-electron chi connectivity index (χ2n) is 8.41. The normalized spacial score (nSPS) is 11.6. The molecule has 9 heteroatoms. The Morgan fingerprint density at radius 3 is 2.71 bits per heavy atom. The van der Waals surface area contributed by atoms with Gasteiger partial charge in [0.1, 0.15) is 0 Å². The highest BCUT2D eigenvalue weighted by Crippen LogP contribution is 2.25. The van der Waals surface area contributed by atoms with Gasteiger partial charge in [-0.3, -0.25) is 14.0 Å². The number of ether oxygens (including phenoxy) is 1. The van der Waals surface area contributed by atoms with Crippen molar-refractivity contribution in [2.75, 3.05) is 18.9 Å². The maximum Gasteiger partial charge on any atom is 0.267 e. The monoisotopic (exact) mass is 479 g/mol. The molecular weight excluding hydrogens is 450 g/mol. The van der Waals surface area contributed by atoms with E-state index in [1.165, 1.54) is 11.8 Å². The van der Waals surface area contributed by atoms with E-state index >= 15 is 0 Å². The van der Waals surface area contributed by atoms with Crippen molar-refractivity contribution in [2.24, 2.45) is 0 Å². The van der Waals surface area contributed by atoms with E-state index in [1.807, 2.05) is 68.5 Å². The van der Waals surface area contributed by atoms with Crippen molar-refractivity contribution in [3.05, 3.63) is 63.9 Å². The summed E-state index contributed by atoms with van der Waals surface area (Å²) in [5.41, 5.74) is 3.41. The Hall–Kier alpha value is -3.17. The first-order chi connectivity index (χ1) is 16.4. The molecule has 0 aliphatic heterocycles. The number of rotatable bonds is 9. The third kappa shape index (κ3) is 4.85. The van der Waals surface area contributed by atoms with Crippen molar-refractivity contribution >= 4 is 34.3 Å². The summed E-state index contributed by atoms with van der Waals surface area (Å²) in [6.45, 7) is 9.15. The van der Waals surface area contributed by atoms with E-state index in [2.05, 4.69) is 15.5 Å². The van der Waals surface area contributed by atoms with E-state index in [4.69, 9.17) is 4.74 Å². The van der Waals surface area contributed by atoms with E-state index in [1.54, 1.807) is 10.6 Å². The van der Waals surface area contributed by atoms with E-state index in [0.29, 0.717) is 35.0 Å². The summed E-state index contributed by atoms with van der Waals surface area (Å²) in [7, 11) is 0. The zero-order chi connectivity index (χ0) is 24.2. The van der Waals surface area contributed by atoms with Crippen LogP contribution in [-0.2, 0) is 9.53 Å². The Labute approximate surface area is 202 Å². The topological polar surface area (TPSA) is 90.5 Å². The number of nitrogens with one attached hydrogen (secondary N) is 1. The number of carbonyl (C=O) groups excluding carboxylic acids is 1. The number of carbonyl (C=O) groups is 1. The molecule has 2 heterocycles. The first kappa shape index (κ1) is 24.0. The predicted molar refractivity (Wildman–Crippen MR) is 135 cm³/mol. The molecule has 0 fully saturated rings. The third-order valence-electron chi connectivity index (χ3n) is 5.64. The lowest BCUT2D eigenvalue weighted by molar-refractivity contribution is -0.118. The Balaban J connectivity index is 1.65. The van der Waals surface area contributed by atoms with Crippen LogP contribution in [0.2, 0.25) is 0 Å². The van der Waals surface area contributed by atoms with E-state index < -0.39 is 0 Å². The minimum Gasteiger partial charge on any atom is -0.379 e. The number of para-hydroxylation sites is 1. The van der Waals surface area contributed by atoms with Crippen molar-refractivity contribution < 1.29 is 9.53 Å². The van der Waals surface area contributed by atoms with Crippen molar-refractivity contribution in [1.82, 2.24) is 24.5 Å². The zero-order valence-corrected chi connectivity index (χ0v) is 20.7. The Morgan fingerprint density at radius 1 is 1.12 bits per heavy atom. The number of thioether (sulfide) groups is 1. The molecule has 0 bridgehead atoms. The van der Waals surface area contributed by atoms with Crippen molar-refractivity contribution in [3.8, 4) is 5.69 Å². The van der Waals surface area contributed by atoms with Gasteiger partial charge in [0.2, 0.25) is 11.7 Å². The van der Waals surface area contributed by atoms with Crippen LogP contribution in [-0.4, -0.2) is 50.1 Å². The molecule has 4 rings (SSSR count). The number of nitrogens with zero attached hydrogens (tertiary/aromatic N) is 4. The molecule has 0 spiro atoms. The van der Waals surface area contributed by atoms with Gasteiger partial charge in [-0.25, -0.2) is 4.57 Å². The molecule has 0 unspecified atom stereocenters. The van der Waals surface area contributed by atoms with Crippen LogP contribution in [0.5, 0.6) is 0 Å². The van der Waals surface area contributed by atoms with Gasteiger partial charge < -0.3 is 10.1 Å². The van der Waals surface area contributed by atoms with Crippen molar-refractivity contribution in [3.63, 3.8) is 0 Å². The molecule has 0 saturated heterocycles. The molecule has 0 radical (unpaired) electrons. The van der Waals surface area contributed by atoms with Gasteiger partial charge in [0, 0.05) is 13.2 Å². The minimum absolute atomic E-state index is 0.0848. The number of amides is 1. The van der Waals surface area contributed by atoms with Crippen LogP contribution in [0.3, 0.4) is 0 Å². The number of hydrogen-bond acceptors (Lipinski definition) is 6. The summed E-state index contributed by atoms with van der Waals surface area (Å²) in [5, 5.41) is 12.7. The predicted octanol–water partition coefficient (Wildman–Crippen LogP) is 3.67. The number of fused-ring (bicyclic) bond motifs is 3. The van der Waals surface area contributed by atoms with Crippen LogP contribution >= 0.6 is 11.8 Å². The average Bonchev–Trinajstić information content (AvgIpc) is 3.24. The minimum atomic E-state index is -0.151. The van der Waals surface area contributed by atoms with Gasteiger partial charge in [-0.2, -0.15) is 0 Å². The number of aromatic nitrogens is 4. The Kier molecular flexibility index (Phi) is 7.33. The average molecular weight is 480 g/mol. The van der Waals surface area contributed by atoms with Gasteiger partial charge in [-0.05, 0) is 63.4 Å². The van der Waals surface area contributed by atoms with Crippen molar-refractivity contribution in [1.29, 1.82) is 0 Å². The highest BCUT2D eigenvalue weighted by atomic mass is 32.2. The second kappa shape index (κ2) is 10.4. The van der Waals surface area contributed by atoms with E-state index in [0.717, 1.165) is 23.2 Å². The summed E-state index contributed by atoms with van der Waals surface area (Å²) in [6.07, 6.45) is 0.943. The van der Waals surface area contributed by atoms with Gasteiger partial charge in [-0.1, -0.05) is 36.0 Å². The lowest BCUT2D eigenvalue weighted by atomic mass is 10.1. The molecule has 1 amide bonds. The number of aryl methyl sites for hydroxylation is 1. The Bertz CT molecular complexity index is 1390. The van der Waals surface area contributed by atoms with Gasteiger partial charge in [0.05, 0.1) is 28.4 Å². The zero-order valence-electron chi connectivity index (χ0n) is 19.9. The first-order valence-electron chi connectivity index (χ1n) is 11.3. The highest BCUT2D eigenvalue weighted by molar-refractivity contribution is 7.99. The summed E-state index contributed by atoms with van der Waals surface area (Å²) < 4.78 is 8.96. The van der Waals surface area contributed by atoms with Crippen LogP contribution in [0.4, 0.5) is 0 Å². The Morgan fingerprint density at radius 2 is 1.91 bits per heavy atom. The van der Waals surface area contributed by atoms with Gasteiger partial charge in [0.25, 0.3) is 5.56 Å². The van der Waals surface area contributed by atoms with Crippen LogP contribution in [0.1, 0.15) is 31.4 Å². The maximum absolute atomic E-state index is 13.5. The standard InChI is InChI=1S/C25H29N5O3S/c1-16(2)33-14-8-13-26-22(31)15-34-25-28-27-24-29(20-12-7-9-17(3)18(20)4)23(32)19-10-5-6-11-21(19)30(24)25/h5-7,9-12,16H,8,13-15H2,1-4H3,(H,26,31). The molecule has 0 saturated carbocycles. The summed E-state index contributed by atoms with van der Waals surface area (Å²) in [4.78, 5) is 25.9. The maximum atomic E-state index is 13.5. The van der Waals surface area contributed by atoms with Gasteiger partial charge >= 0.3 is 0 Å². The molecule has 2 aromatic carbocycles. The summed E-state index contributed by atoms with van der Waals surface area (Å²) >= 11 is 1.30. The van der Waals surface area contributed by atoms with Crippen LogP contribution < -0.4 is 10.9 Å². The molecule has 1 N–H and O–H groups in total. The van der Waals surface area contributed by atoms with Crippen LogP contribution in [0, 0.1) is 13.8 Å². The molecular formula is C25H29N5O3S. The van der Waals surface area contributed by atoms with Crippen LogP contribution in [0.25, 0.3) is 22.4 Å². The summed E-state index contributed by atoms with van der Waals surface area (Å²) in [5.74, 6) is 0.535. The highest BCUT2D eigenvalue weighted by Gasteiger charge is 2.19. The third-order valence-corrected chi connectivity index (χ3v) is 6.57. The molecule has 178 valence electrons. The number of hydrogen-bond donors (Lipinski definition) is 1. The fourth-order valence-corrected chi connectivity index (χ4v) is 4.54. The van der Waals surface area contributed by atoms with Gasteiger partial charge in [-0.15, -0.1) is 10.2 Å².